The highest BCUT2D eigenvalue weighted by Gasteiger charge is 2.19. The summed E-state index contributed by atoms with van der Waals surface area (Å²) < 4.78 is 6.68. The second-order valence-electron chi connectivity index (χ2n) is 10.2. The van der Waals surface area contributed by atoms with Gasteiger partial charge in [-0.25, -0.2) is 0 Å². The van der Waals surface area contributed by atoms with Gasteiger partial charge < -0.3 is 19.2 Å². The monoisotopic (exact) mass is 460 g/mol. The Morgan fingerprint density at radius 1 is 0.806 bits per heavy atom. The molecule has 0 radical (unpaired) electrons. The average molecular weight is 461 g/mol. The first-order chi connectivity index (χ1) is 14.8. The number of aliphatic hydroxyl groups excluding tert-OH is 1. The first kappa shape index (κ1) is 31.0. The van der Waals surface area contributed by atoms with Gasteiger partial charge in [0, 0.05) is 6.61 Å². The maximum atomic E-state index is 12.2. The number of hydrogen-bond acceptors (Lipinski definition) is 3. The Hall–Kier alpha value is 0.01000. The lowest BCUT2D eigenvalue weighted by atomic mass is 10.0. The van der Waals surface area contributed by atoms with Crippen LogP contribution in [0.15, 0.2) is 0 Å². The molecule has 186 valence electrons. The Labute approximate surface area is 195 Å². The molecule has 1 unspecified atom stereocenters. The van der Waals surface area contributed by atoms with Gasteiger partial charge in [0.15, 0.2) is 6.16 Å². The average Bonchev–Trinajstić information content (AvgIpc) is 2.71. The van der Waals surface area contributed by atoms with Crippen molar-refractivity contribution in [3.05, 3.63) is 0 Å². The van der Waals surface area contributed by atoms with Crippen molar-refractivity contribution in [2.24, 2.45) is 0 Å². The third kappa shape index (κ3) is 21.6. The van der Waals surface area contributed by atoms with Gasteiger partial charge in [0.05, 0.1) is 35.0 Å². The zero-order valence-electron chi connectivity index (χ0n) is 21.6. The Bertz CT molecular complexity index is 423. The second kappa shape index (κ2) is 20.6. The third-order valence-corrected chi connectivity index (χ3v) is 7.20. The second-order valence-corrected chi connectivity index (χ2v) is 11.8. The van der Waals surface area contributed by atoms with Crippen molar-refractivity contribution in [3.63, 3.8) is 0 Å². The molecule has 0 aromatic heterocycles. The highest BCUT2D eigenvalue weighted by atomic mass is 31.1. The molecule has 0 saturated carbocycles. The molecule has 0 spiro atoms. The normalized spacial score (nSPS) is 14.7. The minimum absolute atomic E-state index is 0.231. The molecule has 31 heavy (non-hydrogen) atoms. The van der Waals surface area contributed by atoms with E-state index in [0.717, 1.165) is 23.9 Å². The van der Waals surface area contributed by atoms with E-state index in [1.54, 1.807) is 5.80 Å². The molecular formula is C26H55NO3P+. The van der Waals surface area contributed by atoms with Gasteiger partial charge in [-0.05, 0) is 12.8 Å². The standard InChI is InChI=1S/C26H55NO3P/c1-6-8-9-10-11-12-13-14-15-16-17-18-19-20-22-30-26(7-2)25(28)24-31(29)23-21-27(3,4)5/h24-26,28H,6-23H2,1-5H3/q+1/t25-,26+/m1/s1. The summed E-state index contributed by atoms with van der Waals surface area (Å²) >= 11 is 0. The van der Waals surface area contributed by atoms with Crippen LogP contribution in [0.1, 0.15) is 110 Å². The van der Waals surface area contributed by atoms with Crippen molar-refractivity contribution in [1.82, 2.24) is 0 Å². The van der Waals surface area contributed by atoms with E-state index in [1.807, 2.05) is 6.92 Å². The van der Waals surface area contributed by atoms with Crippen molar-refractivity contribution in [3.8, 4) is 0 Å². The molecule has 4 nitrogen and oxygen atoms in total. The van der Waals surface area contributed by atoms with Crippen molar-refractivity contribution in [2.45, 2.75) is 122 Å². The molecule has 0 rings (SSSR count). The molecule has 0 saturated heterocycles. The summed E-state index contributed by atoms with van der Waals surface area (Å²) in [5, 5.41) is 10.4. The number of rotatable bonds is 22. The van der Waals surface area contributed by atoms with Crippen LogP contribution in [-0.2, 0) is 4.74 Å². The van der Waals surface area contributed by atoms with Crippen LogP contribution in [0.2, 0.25) is 0 Å². The molecule has 0 aliphatic rings. The Morgan fingerprint density at radius 2 is 1.26 bits per heavy atom. The van der Waals surface area contributed by atoms with E-state index in [0.29, 0.717) is 12.8 Å². The van der Waals surface area contributed by atoms with Crippen molar-refractivity contribution in [2.75, 3.05) is 40.5 Å². The molecule has 0 aromatic rings. The van der Waals surface area contributed by atoms with Gasteiger partial charge >= 0.3 is 0 Å². The van der Waals surface area contributed by atoms with Gasteiger partial charge in [0.2, 0.25) is 0 Å². The van der Waals surface area contributed by atoms with Crippen LogP contribution in [0.3, 0.4) is 0 Å². The molecule has 3 atom stereocenters. The van der Waals surface area contributed by atoms with Gasteiger partial charge in [-0.15, -0.1) is 0 Å². The lowest BCUT2D eigenvalue weighted by Crippen LogP contribution is -2.37. The first-order valence-corrected chi connectivity index (χ1v) is 14.7. The topological polar surface area (TPSA) is 52.5 Å². The molecule has 0 aromatic carbocycles. The zero-order valence-corrected chi connectivity index (χ0v) is 22.5. The van der Waals surface area contributed by atoms with Crippen LogP contribution in [0.25, 0.3) is 0 Å². The summed E-state index contributed by atoms with van der Waals surface area (Å²) in [7, 11) is 4.79. The van der Waals surface area contributed by atoms with Crippen LogP contribution in [0.4, 0.5) is 0 Å². The SMILES string of the molecule is CCCCCCCCCCCCCCCCO[C@@H](CC)[C@H](O)/C=[P+](\[O-])CC[N+](C)(C)C. The number of nitrogens with zero attached hydrogens (tertiary/aromatic N) is 1. The molecule has 0 aliphatic carbocycles. The lowest BCUT2D eigenvalue weighted by molar-refractivity contribution is -0.867. The van der Waals surface area contributed by atoms with Crippen LogP contribution < -0.4 is 4.89 Å². The number of quaternary nitrogens is 1. The highest BCUT2D eigenvalue weighted by Crippen LogP contribution is 2.16. The zero-order chi connectivity index (χ0) is 23.4. The van der Waals surface area contributed by atoms with Gasteiger partial charge in [-0.3, -0.25) is 0 Å². The van der Waals surface area contributed by atoms with E-state index < -0.39 is 13.9 Å². The molecule has 0 heterocycles. The number of aliphatic hydroxyl groups is 1. The number of ether oxygens (including phenoxy) is 1. The minimum Gasteiger partial charge on any atom is -0.630 e. The fourth-order valence-corrected chi connectivity index (χ4v) is 5.21. The van der Waals surface area contributed by atoms with Crippen LogP contribution >= 0.6 is 7.77 Å². The molecular weight excluding hydrogens is 405 g/mol. The Balaban J connectivity index is 3.64. The Morgan fingerprint density at radius 3 is 1.68 bits per heavy atom. The van der Waals surface area contributed by atoms with Crippen molar-refractivity contribution < 1.29 is 19.2 Å². The summed E-state index contributed by atoms with van der Waals surface area (Å²) in [5.41, 5.74) is 0. The summed E-state index contributed by atoms with van der Waals surface area (Å²) in [6.45, 7) is 5.83. The van der Waals surface area contributed by atoms with Crippen LogP contribution in [-0.4, -0.2) is 68.1 Å². The highest BCUT2D eigenvalue weighted by molar-refractivity contribution is 7.50. The predicted octanol–water partition coefficient (Wildman–Crippen LogP) is 5.89. The van der Waals surface area contributed by atoms with E-state index in [-0.39, 0.29) is 6.10 Å². The molecule has 5 heteroatoms. The quantitative estimate of drug-likeness (QED) is 0.124. The van der Waals surface area contributed by atoms with Crippen molar-refractivity contribution >= 4 is 13.6 Å². The van der Waals surface area contributed by atoms with E-state index in [1.165, 1.54) is 83.5 Å². The van der Waals surface area contributed by atoms with E-state index >= 15 is 0 Å². The molecule has 0 amide bonds. The Kier molecular flexibility index (Phi) is 20.6. The molecule has 0 bridgehead atoms. The third-order valence-electron chi connectivity index (χ3n) is 5.92. The smallest absolute Gasteiger partial charge is 0.151 e. The fourth-order valence-electron chi connectivity index (χ4n) is 3.73. The summed E-state index contributed by atoms with van der Waals surface area (Å²) in [6, 6.07) is 0. The molecule has 0 aliphatic heterocycles. The maximum Gasteiger partial charge on any atom is 0.151 e. The van der Waals surface area contributed by atoms with Gasteiger partial charge in [0.1, 0.15) is 18.4 Å². The number of hydrogen-bond donors (Lipinski definition) is 1. The lowest BCUT2D eigenvalue weighted by Gasteiger charge is -2.23. The van der Waals surface area contributed by atoms with E-state index in [9.17, 15) is 10.00 Å². The van der Waals surface area contributed by atoms with Gasteiger partial charge in [0.25, 0.3) is 0 Å². The molecule has 1 N–H and O–H groups in total. The first-order valence-electron chi connectivity index (χ1n) is 13.2. The van der Waals surface area contributed by atoms with E-state index in [2.05, 4.69) is 28.1 Å². The van der Waals surface area contributed by atoms with Gasteiger partial charge in [-0.2, -0.15) is 0 Å². The summed E-state index contributed by atoms with van der Waals surface area (Å²) in [5.74, 6) is 1.60. The molecule has 0 fully saturated rings. The van der Waals surface area contributed by atoms with Crippen LogP contribution in [0, 0.1) is 0 Å². The van der Waals surface area contributed by atoms with Crippen LogP contribution in [0.5, 0.6) is 0 Å². The van der Waals surface area contributed by atoms with Gasteiger partial charge in [-0.1, -0.05) is 97.3 Å². The largest absolute Gasteiger partial charge is 0.630 e. The van der Waals surface area contributed by atoms with E-state index in [4.69, 9.17) is 4.74 Å². The van der Waals surface area contributed by atoms with Crippen molar-refractivity contribution in [1.29, 1.82) is 0 Å². The minimum atomic E-state index is -1.48. The summed E-state index contributed by atoms with van der Waals surface area (Å²) in [6.07, 6.45) is 19.3. The summed E-state index contributed by atoms with van der Waals surface area (Å²) in [4.78, 5) is 12.2. The fraction of sp³-hybridized carbons (Fsp3) is 0.962. The number of unbranched alkanes of at least 4 members (excludes halogenated alkanes) is 13. The maximum absolute atomic E-state index is 12.2. The predicted molar refractivity (Wildman–Crippen MR) is 137 cm³/mol.